The monoisotopic (exact) mass is 427 g/mol. The molecule has 29 heavy (non-hydrogen) atoms. The van der Waals surface area contributed by atoms with Crippen molar-refractivity contribution in [2.24, 2.45) is 0 Å². The van der Waals surface area contributed by atoms with Gasteiger partial charge in [-0.25, -0.2) is 4.98 Å². The summed E-state index contributed by atoms with van der Waals surface area (Å²) in [4.78, 5) is 30.8. The third kappa shape index (κ3) is 4.99. The second kappa shape index (κ2) is 8.86. The summed E-state index contributed by atoms with van der Waals surface area (Å²) in [6, 6.07) is 13.6. The molecule has 1 aromatic heterocycles. The molecular formula is C20H15Cl2N5O2. The van der Waals surface area contributed by atoms with Crippen LogP contribution in [0.3, 0.4) is 0 Å². The van der Waals surface area contributed by atoms with Gasteiger partial charge in [0.25, 0.3) is 0 Å². The molecule has 0 aliphatic rings. The smallest absolute Gasteiger partial charge is 0.235 e. The SMILES string of the molecule is Cc1nc(C(=O)CC(=O)N(Cc2ccc(Cl)c(Cl)c2)c2cccc(C#N)c2)n[nH]1. The maximum absolute atomic E-state index is 13.0. The topological polar surface area (TPSA) is 103 Å². The zero-order chi connectivity index (χ0) is 21.0. The number of nitrogens with one attached hydrogen (secondary N) is 1. The summed E-state index contributed by atoms with van der Waals surface area (Å²) < 4.78 is 0. The minimum atomic E-state index is -0.505. The Balaban J connectivity index is 1.90. The summed E-state index contributed by atoms with van der Waals surface area (Å²) in [6.07, 6.45) is -0.421. The van der Waals surface area contributed by atoms with Crippen molar-refractivity contribution in [2.45, 2.75) is 19.9 Å². The predicted octanol–water partition coefficient (Wildman–Crippen LogP) is 4.10. The van der Waals surface area contributed by atoms with Crippen molar-refractivity contribution in [1.29, 1.82) is 5.26 Å². The highest BCUT2D eigenvalue weighted by Gasteiger charge is 2.23. The zero-order valence-electron chi connectivity index (χ0n) is 15.3. The minimum absolute atomic E-state index is 0.0453. The summed E-state index contributed by atoms with van der Waals surface area (Å²) in [5.74, 6) is -0.528. The molecule has 0 fully saturated rings. The number of carbonyl (C=O) groups is 2. The lowest BCUT2D eigenvalue weighted by molar-refractivity contribution is -0.117. The number of amides is 1. The Labute approximate surface area is 176 Å². The van der Waals surface area contributed by atoms with Crippen LogP contribution in [0.5, 0.6) is 0 Å². The minimum Gasteiger partial charge on any atom is -0.308 e. The quantitative estimate of drug-likeness (QED) is 0.471. The Morgan fingerprint density at radius 2 is 1.97 bits per heavy atom. The fourth-order valence-electron chi connectivity index (χ4n) is 2.67. The Morgan fingerprint density at radius 3 is 2.62 bits per heavy atom. The van der Waals surface area contributed by atoms with E-state index in [1.807, 2.05) is 6.07 Å². The number of hydrogen-bond donors (Lipinski definition) is 1. The third-order valence-electron chi connectivity index (χ3n) is 4.07. The number of ketones is 1. The lowest BCUT2D eigenvalue weighted by atomic mass is 10.1. The number of carbonyl (C=O) groups excluding carboxylic acids is 2. The highest BCUT2D eigenvalue weighted by Crippen LogP contribution is 2.25. The summed E-state index contributed by atoms with van der Waals surface area (Å²) >= 11 is 12.0. The van der Waals surface area contributed by atoms with Crippen LogP contribution in [0.25, 0.3) is 0 Å². The maximum atomic E-state index is 13.0. The summed E-state index contributed by atoms with van der Waals surface area (Å²) in [6.45, 7) is 1.81. The molecule has 3 aromatic rings. The van der Waals surface area contributed by atoms with Crippen molar-refractivity contribution in [3.8, 4) is 6.07 Å². The van der Waals surface area contributed by atoms with Gasteiger partial charge in [0.2, 0.25) is 17.5 Å². The predicted molar refractivity (Wildman–Crippen MR) is 109 cm³/mol. The van der Waals surface area contributed by atoms with Gasteiger partial charge in [-0.05, 0) is 42.8 Å². The molecule has 1 heterocycles. The number of H-pyrrole nitrogens is 1. The van der Waals surface area contributed by atoms with Crippen LogP contribution in [0, 0.1) is 18.3 Å². The lowest BCUT2D eigenvalue weighted by Crippen LogP contribution is -2.32. The molecule has 0 spiro atoms. The molecule has 0 aliphatic heterocycles. The summed E-state index contributed by atoms with van der Waals surface area (Å²) in [7, 11) is 0. The molecule has 2 aromatic carbocycles. The van der Waals surface area contributed by atoms with E-state index in [-0.39, 0.29) is 12.4 Å². The maximum Gasteiger partial charge on any atom is 0.235 e. The molecule has 7 nitrogen and oxygen atoms in total. The first-order valence-corrected chi connectivity index (χ1v) is 9.29. The molecule has 0 unspecified atom stereocenters. The number of nitrogens with zero attached hydrogens (tertiary/aromatic N) is 4. The lowest BCUT2D eigenvalue weighted by Gasteiger charge is -2.23. The number of aromatic amines is 1. The van der Waals surface area contributed by atoms with E-state index in [1.54, 1.807) is 49.4 Å². The number of halogens is 2. The van der Waals surface area contributed by atoms with Gasteiger partial charge in [-0.15, -0.1) is 0 Å². The highest BCUT2D eigenvalue weighted by molar-refractivity contribution is 6.42. The first-order valence-electron chi connectivity index (χ1n) is 8.54. The van der Waals surface area contributed by atoms with Gasteiger partial charge in [0, 0.05) is 5.69 Å². The van der Waals surface area contributed by atoms with Gasteiger partial charge >= 0.3 is 0 Å². The Morgan fingerprint density at radius 1 is 1.17 bits per heavy atom. The van der Waals surface area contributed by atoms with Crippen LogP contribution in [0.15, 0.2) is 42.5 Å². The average Bonchev–Trinajstić information content (AvgIpc) is 3.15. The highest BCUT2D eigenvalue weighted by atomic mass is 35.5. The second-order valence-corrected chi connectivity index (χ2v) is 7.05. The molecule has 3 rings (SSSR count). The van der Waals surface area contributed by atoms with Gasteiger partial charge in [0.15, 0.2) is 0 Å². The van der Waals surface area contributed by atoms with E-state index in [9.17, 15) is 14.9 Å². The molecule has 0 saturated heterocycles. The molecule has 146 valence electrons. The van der Waals surface area contributed by atoms with E-state index in [0.29, 0.717) is 27.1 Å². The van der Waals surface area contributed by atoms with Crippen LogP contribution in [0.1, 0.15) is 34.0 Å². The first kappa shape index (κ1) is 20.5. The fourth-order valence-corrected chi connectivity index (χ4v) is 2.99. The van der Waals surface area contributed by atoms with Crippen LogP contribution in [-0.4, -0.2) is 26.9 Å². The number of Topliss-reactive ketones (excluding diaryl/α,β-unsaturated/α-hetero) is 1. The normalized spacial score (nSPS) is 10.4. The molecule has 0 bridgehead atoms. The number of rotatable bonds is 6. The Hall–Kier alpha value is -3.21. The van der Waals surface area contributed by atoms with E-state index in [4.69, 9.17) is 23.2 Å². The van der Waals surface area contributed by atoms with Gasteiger partial charge in [0.05, 0.1) is 34.6 Å². The van der Waals surface area contributed by atoms with E-state index < -0.39 is 18.1 Å². The number of aryl methyl sites for hydroxylation is 1. The molecular weight excluding hydrogens is 413 g/mol. The molecule has 1 amide bonds. The number of hydrogen-bond acceptors (Lipinski definition) is 5. The summed E-state index contributed by atoms with van der Waals surface area (Å²) in [5.41, 5.74) is 1.60. The van der Waals surface area contributed by atoms with Gasteiger partial charge in [-0.1, -0.05) is 35.3 Å². The van der Waals surface area contributed by atoms with E-state index >= 15 is 0 Å². The van der Waals surface area contributed by atoms with Crippen molar-refractivity contribution in [3.05, 3.63) is 75.3 Å². The first-order chi connectivity index (χ1) is 13.9. The van der Waals surface area contributed by atoms with Crippen molar-refractivity contribution in [1.82, 2.24) is 15.2 Å². The Kier molecular flexibility index (Phi) is 6.27. The average molecular weight is 428 g/mol. The van der Waals surface area contributed by atoms with Crippen molar-refractivity contribution < 1.29 is 9.59 Å². The molecule has 1 N–H and O–H groups in total. The van der Waals surface area contributed by atoms with Gasteiger partial charge in [0.1, 0.15) is 5.82 Å². The second-order valence-electron chi connectivity index (χ2n) is 6.23. The largest absolute Gasteiger partial charge is 0.308 e. The number of benzene rings is 2. The van der Waals surface area contributed by atoms with Crippen molar-refractivity contribution in [2.75, 3.05) is 4.90 Å². The molecule has 0 radical (unpaired) electrons. The Bertz CT molecular complexity index is 1120. The van der Waals surface area contributed by atoms with E-state index in [2.05, 4.69) is 15.2 Å². The van der Waals surface area contributed by atoms with Gasteiger partial charge < -0.3 is 4.90 Å². The standard InChI is InChI=1S/C20H15Cl2N5O2/c1-12-24-20(26-25-12)18(28)9-19(29)27(15-4-2-3-13(7-15)10-23)11-14-5-6-16(21)17(22)8-14/h2-8H,9,11H2,1H3,(H,24,25,26). The number of anilines is 1. The van der Waals surface area contributed by atoms with E-state index in [1.165, 1.54) is 4.90 Å². The van der Waals surface area contributed by atoms with Gasteiger partial charge in [-0.3, -0.25) is 14.7 Å². The third-order valence-corrected chi connectivity index (χ3v) is 4.81. The molecule has 9 heteroatoms. The molecule has 0 saturated carbocycles. The van der Waals surface area contributed by atoms with Crippen LogP contribution < -0.4 is 4.90 Å². The summed E-state index contributed by atoms with van der Waals surface area (Å²) in [5, 5.41) is 16.3. The van der Waals surface area contributed by atoms with Crippen molar-refractivity contribution >= 4 is 40.6 Å². The van der Waals surface area contributed by atoms with E-state index in [0.717, 1.165) is 5.56 Å². The van der Waals surface area contributed by atoms with Crippen molar-refractivity contribution in [3.63, 3.8) is 0 Å². The molecule has 0 atom stereocenters. The van der Waals surface area contributed by atoms with Crippen LogP contribution in [0.2, 0.25) is 10.0 Å². The van der Waals surface area contributed by atoms with Crippen LogP contribution in [0.4, 0.5) is 5.69 Å². The number of nitriles is 1. The number of aromatic nitrogens is 3. The zero-order valence-corrected chi connectivity index (χ0v) is 16.8. The molecule has 0 aliphatic carbocycles. The van der Waals surface area contributed by atoms with Crippen LogP contribution >= 0.6 is 23.2 Å². The van der Waals surface area contributed by atoms with Crippen LogP contribution in [-0.2, 0) is 11.3 Å². The fraction of sp³-hybridized carbons (Fsp3) is 0.150. The van der Waals surface area contributed by atoms with Gasteiger partial charge in [-0.2, -0.15) is 10.4 Å².